The van der Waals surface area contributed by atoms with Crippen LogP contribution in [0.3, 0.4) is 0 Å². The number of rotatable bonds is 6. The van der Waals surface area contributed by atoms with Gasteiger partial charge in [0.25, 0.3) is 0 Å². The predicted octanol–water partition coefficient (Wildman–Crippen LogP) is 2.30. The van der Waals surface area contributed by atoms with Crippen molar-refractivity contribution >= 4 is 11.6 Å². The third-order valence-electron chi connectivity index (χ3n) is 3.75. The molecule has 1 atom stereocenters. The van der Waals surface area contributed by atoms with Gasteiger partial charge in [0.2, 0.25) is 5.91 Å². The molecule has 0 bridgehead atoms. The van der Waals surface area contributed by atoms with Gasteiger partial charge in [-0.25, -0.2) is 0 Å². The van der Waals surface area contributed by atoms with Crippen LogP contribution in [0.4, 0.5) is 5.69 Å². The highest BCUT2D eigenvalue weighted by Gasteiger charge is 2.22. The molecule has 1 amide bonds. The first-order chi connectivity index (χ1) is 10.1. The van der Waals surface area contributed by atoms with Gasteiger partial charge in [0.1, 0.15) is 17.6 Å². The van der Waals surface area contributed by atoms with Crippen molar-refractivity contribution in [3.05, 3.63) is 17.7 Å². The second-order valence-corrected chi connectivity index (χ2v) is 5.30. The molecule has 0 fully saturated rings. The van der Waals surface area contributed by atoms with Crippen molar-refractivity contribution in [1.82, 2.24) is 4.90 Å². The van der Waals surface area contributed by atoms with E-state index in [-0.39, 0.29) is 12.0 Å². The minimum Gasteiger partial charge on any atom is -0.495 e. The van der Waals surface area contributed by atoms with Crippen molar-refractivity contribution < 1.29 is 14.3 Å². The molecule has 1 aliphatic rings. The fourth-order valence-corrected chi connectivity index (χ4v) is 2.55. The van der Waals surface area contributed by atoms with E-state index in [9.17, 15) is 4.79 Å². The van der Waals surface area contributed by atoms with Gasteiger partial charge < -0.3 is 14.8 Å². The van der Waals surface area contributed by atoms with E-state index >= 15 is 0 Å². The summed E-state index contributed by atoms with van der Waals surface area (Å²) in [5.74, 6) is 1.48. The number of ether oxygens (including phenoxy) is 2. The molecule has 5 heteroatoms. The lowest BCUT2D eigenvalue weighted by molar-refractivity contribution is -0.117. The number of fused-ring (bicyclic) bond motifs is 1. The maximum Gasteiger partial charge on any atom is 0.238 e. The molecular formula is C16H24N2O3. The number of hydrogen-bond donors (Lipinski definition) is 1. The van der Waals surface area contributed by atoms with Crippen molar-refractivity contribution in [2.24, 2.45) is 0 Å². The number of benzene rings is 1. The van der Waals surface area contributed by atoms with Crippen LogP contribution < -0.4 is 14.8 Å². The largest absolute Gasteiger partial charge is 0.495 e. The molecule has 116 valence electrons. The van der Waals surface area contributed by atoms with Gasteiger partial charge in [-0.3, -0.25) is 9.69 Å². The molecule has 1 aliphatic heterocycles. The zero-order valence-electron chi connectivity index (χ0n) is 13.2. The second-order valence-electron chi connectivity index (χ2n) is 5.30. The summed E-state index contributed by atoms with van der Waals surface area (Å²) in [6.45, 7) is 8.21. The number of anilines is 1. The van der Waals surface area contributed by atoms with Crippen LogP contribution >= 0.6 is 0 Å². The monoisotopic (exact) mass is 292 g/mol. The van der Waals surface area contributed by atoms with E-state index in [4.69, 9.17) is 9.47 Å². The third kappa shape index (κ3) is 3.67. The number of amides is 1. The standard InChI is InChI=1S/C16H24N2O3/c1-5-18(6-2)10-16(19)17-13-9-14-12(7-11(3)21-14)8-15(13)20-4/h8-9,11H,5-7,10H2,1-4H3,(H,17,19). The molecule has 1 N–H and O–H groups in total. The average molecular weight is 292 g/mol. The van der Waals surface area contributed by atoms with E-state index in [1.807, 2.05) is 32.9 Å². The molecule has 0 aromatic heterocycles. The Bertz CT molecular complexity index is 512. The second kappa shape index (κ2) is 6.80. The zero-order chi connectivity index (χ0) is 15.4. The number of likely N-dealkylation sites (N-methyl/N-ethyl adjacent to an activating group) is 1. The van der Waals surface area contributed by atoms with Crippen molar-refractivity contribution in [2.45, 2.75) is 33.3 Å². The smallest absolute Gasteiger partial charge is 0.238 e. The zero-order valence-corrected chi connectivity index (χ0v) is 13.2. The van der Waals surface area contributed by atoms with Gasteiger partial charge in [-0.05, 0) is 26.1 Å². The molecule has 0 saturated heterocycles. The lowest BCUT2D eigenvalue weighted by Crippen LogP contribution is -2.33. The minimum atomic E-state index is -0.0389. The van der Waals surface area contributed by atoms with Crippen LogP contribution in [0, 0.1) is 0 Å². The highest BCUT2D eigenvalue weighted by atomic mass is 16.5. The summed E-state index contributed by atoms with van der Waals surface area (Å²) in [4.78, 5) is 14.2. The maximum atomic E-state index is 12.1. The number of carbonyl (C=O) groups excluding carboxylic acids is 1. The van der Waals surface area contributed by atoms with Crippen LogP contribution in [0.25, 0.3) is 0 Å². The fraction of sp³-hybridized carbons (Fsp3) is 0.562. The van der Waals surface area contributed by atoms with Crippen molar-refractivity contribution in [2.75, 3.05) is 32.1 Å². The highest BCUT2D eigenvalue weighted by Crippen LogP contribution is 2.37. The molecule has 5 nitrogen and oxygen atoms in total. The molecule has 0 saturated carbocycles. The lowest BCUT2D eigenvalue weighted by atomic mass is 10.1. The fourth-order valence-electron chi connectivity index (χ4n) is 2.55. The summed E-state index contributed by atoms with van der Waals surface area (Å²) in [6.07, 6.45) is 1.05. The van der Waals surface area contributed by atoms with E-state index in [0.717, 1.165) is 30.8 Å². The quantitative estimate of drug-likeness (QED) is 0.874. The average Bonchev–Trinajstić information content (AvgIpc) is 2.82. The molecule has 0 spiro atoms. The van der Waals surface area contributed by atoms with Crippen LogP contribution in [-0.2, 0) is 11.2 Å². The summed E-state index contributed by atoms with van der Waals surface area (Å²) in [5, 5.41) is 2.92. The van der Waals surface area contributed by atoms with Gasteiger partial charge in [0.05, 0.1) is 19.3 Å². The Hall–Kier alpha value is -1.75. The minimum absolute atomic E-state index is 0.0389. The Balaban J connectivity index is 2.13. The first kappa shape index (κ1) is 15.6. The van der Waals surface area contributed by atoms with Crippen LogP contribution in [0.15, 0.2) is 12.1 Å². The van der Waals surface area contributed by atoms with Gasteiger partial charge in [-0.15, -0.1) is 0 Å². The topological polar surface area (TPSA) is 50.8 Å². The summed E-state index contributed by atoms with van der Waals surface area (Å²) in [6, 6.07) is 3.81. The van der Waals surface area contributed by atoms with Crippen LogP contribution in [0.5, 0.6) is 11.5 Å². The van der Waals surface area contributed by atoms with Gasteiger partial charge in [-0.1, -0.05) is 13.8 Å². The summed E-state index contributed by atoms with van der Waals surface area (Å²) in [7, 11) is 1.61. The Labute approximate surface area is 126 Å². The van der Waals surface area contributed by atoms with Gasteiger partial charge in [-0.2, -0.15) is 0 Å². The number of hydrogen-bond acceptors (Lipinski definition) is 4. The lowest BCUT2D eigenvalue weighted by Gasteiger charge is -2.18. The Morgan fingerprint density at radius 2 is 2.14 bits per heavy atom. The van der Waals surface area contributed by atoms with Crippen molar-refractivity contribution in [3.8, 4) is 11.5 Å². The Morgan fingerprint density at radius 3 is 2.76 bits per heavy atom. The molecule has 0 aliphatic carbocycles. The van der Waals surface area contributed by atoms with E-state index < -0.39 is 0 Å². The SMILES string of the molecule is CCN(CC)CC(=O)Nc1cc2c(cc1OC)CC(C)O2. The molecular weight excluding hydrogens is 268 g/mol. The van der Waals surface area contributed by atoms with E-state index in [2.05, 4.69) is 10.2 Å². The van der Waals surface area contributed by atoms with E-state index in [0.29, 0.717) is 18.0 Å². The summed E-state index contributed by atoms with van der Waals surface area (Å²) >= 11 is 0. The Kier molecular flexibility index (Phi) is 5.07. The van der Waals surface area contributed by atoms with Crippen molar-refractivity contribution in [1.29, 1.82) is 0 Å². The normalized spacial score (nSPS) is 16.5. The number of nitrogens with one attached hydrogen (secondary N) is 1. The molecule has 0 radical (unpaired) electrons. The Morgan fingerprint density at radius 1 is 1.43 bits per heavy atom. The number of methoxy groups -OCH3 is 1. The summed E-state index contributed by atoms with van der Waals surface area (Å²) < 4.78 is 11.1. The van der Waals surface area contributed by atoms with Crippen molar-refractivity contribution in [3.63, 3.8) is 0 Å². The molecule has 1 unspecified atom stereocenters. The van der Waals surface area contributed by atoms with Gasteiger partial charge in [0.15, 0.2) is 0 Å². The molecule has 21 heavy (non-hydrogen) atoms. The molecule has 1 heterocycles. The summed E-state index contributed by atoms with van der Waals surface area (Å²) in [5.41, 5.74) is 1.79. The molecule has 1 aromatic rings. The number of carbonyl (C=O) groups is 1. The first-order valence-electron chi connectivity index (χ1n) is 7.47. The third-order valence-corrected chi connectivity index (χ3v) is 3.75. The van der Waals surface area contributed by atoms with Crippen LogP contribution in [0.2, 0.25) is 0 Å². The highest BCUT2D eigenvalue weighted by molar-refractivity contribution is 5.94. The predicted molar refractivity (Wildman–Crippen MR) is 83.2 cm³/mol. The van der Waals surface area contributed by atoms with Gasteiger partial charge in [0, 0.05) is 18.1 Å². The molecule has 1 aromatic carbocycles. The molecule has 2 rings (SSSR count). The van der Waals surface area contributed by atoms with E-state index in [1.54, 1.807) is 7.11 Å². The van der Waals surface area contributed by atoms with Gasteiger partial charge >= 0.3 is 0 Å². The van der Waals surface area contributed by atoms with Crippen LogP contribution in [0.1, 0.15) is 26.3 Å². The maximum absolute atomic E-state index is 12.1. The van der Waals surface area contributed by atoms with Crippen LogP contribution in [-0.4, -0.2) is 43.7 Å². The van der Waals surface area contributed by atoms with E-state index in [1.165, 1.54) is 0 Å². The number of nitrogens with zero attached hydrogens (tertiary/aromatic N) is 1. The first-order valence-corrected chi connectivity index (χ1v) is 7.47.